The topological polar surface area (TPSA) is 49.0 Å². The molecular formula is C15H17N3O. The molecule has 0 atom stereocenters. The van der Waals surface area contributed by atoms with E-state index in [1.165, 1.54) is 0 Å². The van der Waals surface area contributed by atoms with Crippen molar-refractivity contribution in [2.75, 3.05) is 11.4 Å². The van der Waals surface area contributed by atoms with Crippen molar-refractivity contribution < 1.29 is 4.79 Å². The quantitative estimate of drug-likeness (QED) is 0.897. The molecule has 1 aliphatic heterocycles. The summed E-state index contributed by atoms with van der Waals surface area (Å²) >= 11 is 0. The molecule has 1 aromatic heterocycles. The summed E-state index contributed by atoms with van der Waals surface area (Å²) in [5.41, 5.74) is 5.36. The smallest absolute Gasteiger partial charge is 0.227 e. The van der Waals surface area contributed by atoms with Crippen molar-refractivity contribution in [1.82, 2.24) is 10.2 Å². The van der Waals surface area contributed by atoms with Gasteiger partial charge in [0.25, 0.3) is 0 Å². The Morgan fingerprint density at radius 2 is 1.95 bits per heavy atom. The molecular weight excluding hydrogens is 238 g/mol. The minimum absolute atomic E-state index is 0.225. The highest BCUT2D eigenvalue weighted by molar-refractivity contribution is 5.95. The number of rotatable bonds is 2. The second-order valence-corrected chi connectivity index (χ2v) is 5.00. The Labute approximate surface area is 112 Å². The normalized spacial score (nSPS) is 15.3. The van der Waals surface area contributed by atoms with E-state index < -0.39 is 0 Å². The van der Waals surface area contributed by atoms with Crippen LogP contribution in [0.5, 0.6) is 0 Å². The molecule has 0 spiro atoms. The van der Waals surface area contributed by atoms with Crippen molar-refractivity contribution in [2.45, 2.75) is 26.7 Å². The first-order valence-corrected chi connectivity index (χ1v) is 6.59. The maximum Gasteiger partial charge on any atom is 0.227 e. The van der Waals surface area contributed by atoms with Crippen LogP contribution < -0.4 is 4.90 Å². The van der Waals surface area contributed by atoms with Gasteiger partial charge < -0.3 is 4.90 Å². The monoisotopic (exact) mass is 255 g/mol. The fourth-order valence-electron chi connectivity index (χ4n) is 2.71. The third kappa shape index (κ3) is 2.03. The second kappa shape index (κ2) is 4.53. The Bertz CT molecular complexity index is 593. The SMILES string of the molecule is Cc1n[nH]c(C)c1-c1ccc(N2CCCC2=O)cc1. The number of nitrogens with zero attached hydrogens (tertiary/aromatic N) is 2. The number of hydrogen-bond donors (Lipinski definition) is 1. The van der Waals surface area contributed by atoms with E-state index in [-0.39, 0.29) is 5.91 Å². The van der Waals surface area contributed by atoms with Crippen LogP contribution >= 0.6 is 0 Å². The lowest BCUT2D eigenvalue weighted by Crippen LogP contribution is -2.23. The van der Waals surface area contributed by atoms with Gasteiger partial charge in [0.15, 0.2) is 0 Å². The number of carbonyl (C=O) groups is 1. The molecule has 0 saturated carbocycles. The van der Waals surface area contributed by atoms with Crippen LogP contribution in [-0.2, 0) is 4.79 Å². The van der Waals surface area contributed by atoms with Gasteiger partial charge in [0.05, 0.1) is 5.69 Å². The van der Waals surface area contributed by atoms with E-state index in [2.05, 4.69) is 22.3 Å². The average molecular weight is 255 g/mol. The van der Waals surface area contributed by atoms with Crippen LogP contribution in [0.15, 0.2) is 24.3 Å². The predicted octanol–water partition coefficient (Wildman–Crippen LogP) is 2.82. The summed E-state index contributed by atoms with van der Waals surface area (Å²) < 4.78 is 0. The Kier molecular flexibility index (Phi) is 2.85. The predicted molar refractivity (Wildman–Crippen MR) is 75.1 cm³/mol. The van der Waals surface area contributed by atoms with E-state index in [0.717, 1.165) is 41.2 Å². The molecule has 1 amide bonds. The average Bonchev–Trinajstić information content (AvgIpc) is 2.97. The van der Waals surface area contributed by atoms with Crippen LogP contribution in [0.3, 0.4) is 0 Å². The standard InChI is InChI=1S/C15H17N3O/c1-10-15(11(2)17-16-10)12-5-7-13(8-6-12)18-9-3-4-14(18)19/h5-8H,3-4,9H2,1-2H3,(H,16,17). The fourth-order valence-corrected chi connectivity index (χ4v) is 2.71. The summed E-state index contributed by atoms with van der Waals surface area (Å²) in [6.45, 7) is 4.85. The second-order valence-electron chi connectivity index (χ2n) is 5.00. The fraction of sp³-hybridized carbons (Fsp3) is 0.333. The Balaban J connectivity index is 1.93. The maximum atomic E-state index is 11.7. The molecule has 1 saturated heterocycles. The number of anilines is 1. The van der Waals surface area contributed by atoms with Crippen molar-refractivity contribution in [2.24, 2.45) is 0 Å². The van der Waals surface area contributed by atoms with Crippen molar-refractivity contribution in [3.05, 3.63) is 35.7 Å². The largest absolute Gasteiger partial charge is 0.312 e. The van der Waals surface area contributed by atoms with Crippen molar-refractivity contribution in [3.8, 4) is 11.1 Å². The number of aromatic nitrogens is 2. The molecule has 0 radical (unpaired) electrons. The van der Waals surface area contributed by atoms with Crippen LogP contribution in [0.4, 0.5) is 5.69 Å². The molecule has 2 heterocycles. The summed E-state index contributed by atoms with van der Waals surface area (Å²) in [5, 5.41) is 7.21. The number of H-pyrrole nitrogens is 1. The molecule has 1 aromatic carbocycles. The molecule has 19 heavy (non-hydrogen) atoms. The molecule has 1 fully saturated rings. The van der Waals surface area contributed by atoms with Crippen molar-refractivity contribution in [3.63, 3.8) is 0 Å². The van der Waals surface area contributed by atoms with E-state index in [4.69, 9.17) is 0 Å². The van der Waals surface area contributed by atoms with Crippen molar-refractivity contribution in [1.29, 1.82) is 0 Å². The van der Waals surface area contributed by atoms with E-state index in [0.29, 0.717) is 6.42 Å². The summed E-state index contributed by atoms with van der Waals surface area (Å²) in [5.74, 6) is 0.225. The van der Waals surface area contributed by atoms with E-state index in [1.54, 1.807) is 0 Å². The number of hydrogen-bond acceptors (Lipinski definition) is 2. The van der Waals surface area contributed by atoms with Gasteiger partial charge in [-0.2, -0.15) is 5.10 Å². The number of nitrogens with one attached hydrogen (secondary N) is 1. The lowest BCUT2D eigenvalue weighted by atomic mass is 10.0. The molecule has 0 bridgehead atoms. The van der Waals surface area contributed by atoms with E-state index in [1.807, 2.05) is 30.9 Å². The van der Waals surface area contributed by atoms with E-state index in [9.17, 15) is 4.79 Å². The number of aromatic amines is 1. The van der Waals surface area contributed by atoms with Gasteiger partial charge in [0.1, 0.15) is 0 Å². The van der Waals surface area contributed by atoms with Crippen LogP contribution in [0, 0.1) is 13.8 Å². The number of benzene rings is 1. The number of aryl methyl sites for hydroxylation is 2. The Hall–Kier alpha value is -2.10. The third-order valence-corrected chi connectivity index (χ3v) is 3.67. The number of amides is 1. The van der Waals surface area contributed by atoms with Gasteiger partial charge in [-0.15, -0.1) is 0 Å². The molecule has 4 nitrogen and oxygen atoms in total. The zero-order chi connectivity index (χ0) is 13.4. The van der Waals surface area contributed by atoms with Crippen molar-refractivity contribution >= 4 is 11.6 Å². The van der Waals surface area contributed by atoms with Crippen LogP contribution in [0.25, 0.3) is 11.1 Å². The van der Waals surface area contributed by atoms with Crippen LogP contribution in [-0.4, -0.2) is 22.6 Å². The summed E-state index contributed by atoms with van der Waals surface area (Å²) in [7, 11) is 0. The first kappa shape index (κ1) is 12.0. The molecule has 0 unspecified atom stereocenters. The third-order valence-electron chi connectivity index (χ3n) is 3.67. The maximum absolute atomic E-state index is 11.7. The lowest BCUT2D eigenvalue weighted by molar-refractivity contribution is -0.117. The lowest BCUT2D eigenvalue weighted by Gasteiger charge is -2.16. The van der Waals surface area contributed by atoms with Crippen LogP contribution in [0.2, 0.25) is 0 Å². The molecule has 1 aliphatic rings. The summed E-state index contributed by atoms with van der Waals surface area (Å²) in [6.07, 6.45) is 1.63. The zero-order valence-electron chi connectivity index (χ0n) is 11.2. The zero-order valence-corrected chi connectivity index (χ0v) is 11.2. The minimum atomic E-state index is 0.225. The van der Waals surface area contributed by atoms with Gasteiger partial charge in [0.2, 0.25) is 5.91 Å². The Morgan fingerprint density at radius 1 is 1.21 bits per heavy atom. The Morgan fingerprint density at radius 3 is 2.47 bits per heavy atom. The van der Waals surface area contributed by atoms with Gasteiger partial charge in [-0.25, -0.2) is 0 Å². The highest BCUT2D eigenvalue weighted by Gasteiger charge is 2.21. The van der Waals surface area contributed by atoms with Gasteiger partial charge in [-0.3, -0.25) is 9.89 Å². The highest BCUT2D eigenvalue weighted by atomic mass is 16.2. The van der Waals surface area contributed by atoms with E-state index >= 15 is 0 Å². The molecule has 0 aliphatic carbocycles. The molecule has 4 heteroatoms. The van der Waals surface area contributed by atoms with Crippen LogP contribution in [0.1, 0.15) is 24.2 Å². The minimum Gasteiger partial charge on any atom is -0.312 e. The van der Waals surface area contributed by atoms with Gasteiger partial charge in [0, 0.05) is 29.9 Å². The summed E-state index contributed by atoms with van der Waals surface area (Å²) in [6, 6.07) is 8.16. The number of carbonyl (C=O) groups excluding carboxylic acids is 1. The molecule has 3 rings (SSSR count). The van der Waals surface area contributed by atoms with Gasteiger partial charge in [-0.1, -0.05) is 12.1 Å². The molecule has 1 N–H and O–H groups in total. The highest BCUT2D eigenvalue weighted by Crippen LogP contribution is 2.28. The molecule has 2 aromatic rings. The first-order chi connectivity index (χ1) is 9.16. The van der Waals surface area contributed by atoms with Gasteiger partial charge >= 0.3 is 0 Å². The molecule has 98 valence electrons. The van der Waals surface area contributed by atoms with Gasteiger partial charge in [-0.05, 0) is 38.0 Å². The first-order valence-electron chi connectivity index (χ1n) is 6.59. The summed E-state index contributed by atoms with van der Waals surface area (Å²) in [4.78, 5) is 13.6.